The van der Waals surface area contributed by atoms with Gasteiger partial charge in [-0.1, -0.05) is 6.92 Å². The van der Waals surface area contributed by atoms with Crippen LogP contribution in [0.1, 0.15) is 44.5 Å². The molecule has 0 radical (unpaired) electrons. The molecule has 1 heterocycles. The fraction of sp³-hybridized carbons (Fsp3) is 0.571. The Hall–Kier alpha value is -1.42. The van der Waals surface area contributed by atoms with Crippen molar-refractivity contribution in [2.24, 2.45) is 0 Å². The highest BCUT2D eigenvalue weighted by Gasteiger charge is 2.19. The summed E-state index contributed by atoms with van der Waals surface area (Å²) in [6.45, 7) is 8.21. The van der Waals surface area contributed by atoms with E-state index in [-0.39, 0.29) is 11.9 Å². The minimum Gasteiger partial charge on any atom is -0.489 e. The average Bonchev–Trinajstić information content (AvgIpc) is 2.34. The van der Waals surface area contributed by atoms with Crippen molar-refractivity contribution in [1.29, 1.82) is 0 Å². The molecule has 4 heteroatoms. The first-order valence-electron chi connectivity index (χ1n) is 6.36. The van der Waals surface area contributed by atoms with Crippen LogP contribution >= 0.6 is 0 Å². The molecule has 100 valence electrons. The van der Waals surface area contributed by atoms with Gasteiger partial charge in [0, 0.05) is 18.4 Å². The Labute approximate surface area is 108 Å². The third-order valence-electron chi connectivity index (χ3n) is 2.40. The fourth-order valence-corrected chi connectivity index (χ4v) is 1.66. The Balaban J connectivity index is 2.84. The van der Waals surface area contributed by atoms with E-state index >= 15 is 0 Å². The van der Waals surface area contributed by atoms with Crippen LogP contribution in [0.3, 0.4) is 0 Å². The molecule has 18 heavy (non-hydrogen) atoms. The van der Waals surface area contributed by atoms with E-state index in [0.29, 0.717) is 24.3 Å². The second-order valence-electron chi connectivity index (χ2n) is 4.29. The molecule has 0 saturated heterocycles. The number of aromatic nitrogens is 1. The molecule has 0 amide bonds. The molecule has 0 bridgehead atoms. The second-order valence-corrected chi connectivity index (χ2v) is 4.29. The topological polar surface area (TPSA) is 48.4 Å². The largest absolute Gasteiger partial charge is 0.489 e. The molecular weight excluding hydrogens is 230 g/mol. The predicted molar refractivity (Wildman–Crippen MR) is 70.0 cm³/mol. The van der Waals surface area contributed by atoms with Crippen molar-refractivity contribution in [3.63, 3.8) is 0 Å². The second kappa shape index (κ2) is 7.11. The predicted octanol–water partition coefficient (Wildman–Crippen LogP) is 2.87. The third-order valence-corrected chi connectivity index (χ3v) is 2.40. The SMILES string of the molecule is CCOC(CC)C(=O)c1cncc(OC(C)C)c1. The molecule has 0 aromatic carbocycles. The van der Waals surface area contributed by atoms with Gasteiger partial charge in [0.15, 0.2) is 5.78 Å². The number of carbonyl (C=O) groups is 1. The number of rotatable bonds is 7. The number of ketones is 1. The van der Waals surface area contributed by atoms with Gasteiger partial charge in [-0.25, -0.2) is 0 Å². The Morgan fingerprint density at radius 1 is 1.33 bits per heavy atom. The lowest BCUT2D eigenvalue weighted by Gasteiger charge is -2.14. The highest BCUT2D eigenvalue weighted by atomic mass is 16.5. The van der Waals surface area contributed by atoms with Crippen LogP contribution in [0.4, 0.5) is 0 Å². The number of hydrogen-bond donors (Lipinski definition) is 0. The summed E-state index contributed by atoms with van der Waals surface area (Å²) in [5.74, 6) is 0.572. The van der Waals surface area contributed by atoms with E-state index in [9.17, 15) is 4.79 Å². The number of carbonyl (C=O) groups excluding carboxylic acids is 1. The maximum Gasteiger partial charge on any atom is 0.193 e. The van der Waals surface area contributed by atoms with Crippen LogP contribution < -0.4 is 4.74 Å². The fourth-order valence-electron chi connectivity index (χ4n) is 1.66. The molecule has 1 aromatic heterocycles. The van der Waals surface area contributed by atoms with Gasteiger partial charge < -0.3 is 9.47 Å². The quantitative estimate of drug-likeness (QED) is 0.699. The van der Waals surface area contributed by atoms with E-state index in [0.717, 1.165) is 0 Å². The Morgan fingerprint density at radius 2 is 2.06 bits per heavy atom. The zero-order valence-corrected chi connectivity index (χ0v) is 11.5. The summed E-state index contributed by atoms with van der Waals surface area (Å²) in [5, 5.41) is 0. The number of hydrogen-bond acceptors (Lipinski definition) is 4. The summed E-state index contributed by atoms with van der Waals surface area (Å²) in [7, 11) is 0. The lowest BCUT2D eigenvalue weighted by Crippen LogP contribution is -2.24. The van der Waals surface area contributed by atoms with Gasteiger partial charge in [0.05, 0.1) is 12.3 Å². The number of pyridine rings is 1. The molecule has 0 N–H and O–H groups in total. The molecule has 1 unspecified atom stereocenters. The van der Waals surface area contributed by atoms with Gasteiger partial charge in [0.25, 0.3) is 0 Å². The van der Waals surface area contributed by atoms with Crippen molar-refractivity contribution in [3.8, 4) is 5.75 Å². The smallest absolute Gasteiger partial charge is 0.193 e. The van der Waals surface area contributed by atoms with Crippen LogP contribution in [-0.2, 0) is 4.74 Å². The molecule has 0 aliphatic rings. The first-order chi connectivity index (χ1) is 8.58. The molecule has 0 aliphatic heterocycles. The van der Waals surface area contributed by atoms with Gasteiger partial charge in [-0.2, -0.15) is 0 Å². The van der Waals surface area contributed by atoms with Crippen LogP contribution in [0.2, 0.25) is 0 Å². The number of nitrogens with zero attached hydrogens (tertiary/aromatic N) is 1. The van der Waals surface area contributed by atoms with Crippen LogP contribution in [0.5, 0.6) is 5.75 Å². The monoisotopic (exact) mass is 251 g/mol. The molecule has 0 saturated carbocycles. The maximum atomic E-state index is 12.2. The molecule has 0 spiro atoms. The summed E-state index contributed by atoms with van der Waals surface area (Å²) in [4.78, 5) is 16.2. The van der Waals surface area contributed by atoms with Crippen molar-refractivity contribution < 1.29 is 14.3 Å². The zero-order valence-electron chi connectivity index (χ0n) is 11.5. The Morgan fingerprint density at radius 3 is 2.61 bits per heavy atom. The van der Waals surface area contributed by atoms with Gasteiger partial charge in [0.2, 0.25) is 0 Å². The van der Waals surface area contributed by atoms with Gasteiger partial charge in [-0.3, -0.25) is 9.78 Å². The van der Waals surface area contributed by atoms with E-state index in [1.165, 1.54) is 0 Å². The van der Waals surface area contributed by atoms with Gasteiger partial charge >= 0.3 is 0 Å². The van der Waals surface area contributed by atoms with Crippen molar-refractivity contribution in [1.82, 2.24) is 4.98 Å². The summed E-state index contributed by atoms with van der Waals surface area (Å²) in [6.07, 6.45) is 3.48. The molecule has 0 fully saturated rings. The third kappa shape index (κ3) is 4.11. The lowest BCUT2D eigenvalue weighted by molar-refractivity contribution is 0.0443. The van der Waals surface area contributed by atoms with Crippen molar-refractivity contribution >= 4 is 5.78 Å². The molecular formula is C14H21NO3. The van der Waals surface area contributed by atoms with Gasteiger partial charge in [-0.05, 0) is 33.3 Å². The molecule has 1 aromatic rings. The van der Waals surface area contributed by atoms with Crippen molar-refractivity contribution in [3.05, 3.63) is 24.0 Å². The Bertz CT molecular complexity index is 390. The Kier molecular flexibility index (Phi) is 5.78. The van der Waals surface area contributed by atoms with Crippen LogP contribution in [0.15, 0.2) is 18.5 Å². The van der Waals surface area contributed by atoms with E-state index in [4.69, 9.17) is 9.47 Å². The average molecular weight is 251 g/mol. The van der Waals surface area contributed by atoms with Gasteiger partial charge in [0.1, 0.15) is 11.9 Å². The standard InChI is InChI=1S/C14H21NO3/c1-5-13(17-6-2)14(16)11-7-12(9-15-8-11)18-10(3)4/h7-10,13H,5-6H2,1-4H3. The maximum absolute atomic E-state index is 12.2. The molecule has 4 nitrogen and oxygen atoms in total. The zero-order chi connectivity index (χ0) is 13.5. The van der Waals surface area contributed by atoms with E-state index in [1.54, 1.807) is 18.5 Å². The van der Waals surface area contributed by atoms with E-state index in [1.807, 2.05) is 27.7 Å². The number of Topliss-reactive ketones (excluding diaryl/α,β-unsaturated/α-hetero) is 1. The first-order valence-corrected chi connectivity index (χ1v) is 6.36. The minimum atomic E-state index is -0.397. The summed E-state index contributed by atoms with van der Waals surface area (Å²) in [5.41, 5.74) is 0.536. The van der Waals surface area contributed by atoms with Crippen LogP contribution in [0.25, 0.3) is 0 Å². The lowest BCUT2D eigenvalue weighted by atomic mass is 10.1. The van der Waals surface area contributed by atoms with Gasteiger partial charge in [-0.15, -0.1) is 0 Å². The summed E-state index contributed by atoms with van der Waals surface area (Å²) >= 11 is 0. The number of ether oxygens (including phenoxy) is 2. The summed E-state index contributed by atoms with van der Waals surface area (Å²) in [6, 6.07) is 1.72. The van der Waals surface area contributed by atoms with E-state index in [2.05, 4.69) is 4.98 Å². The van der Waals surface area contributed by atoms with Crippen molar-refractivity contribution in [2.75, 3.05) is 6.61 Å². The normalized spacial score (nSPS) is 12.5. The van der Waals surface area contributed by atoms with Crippen LogP contribution in [0, 0.1) is 0 Å². The van der Waals surface area contributed by atoms with Crippen LogP contribution in [-0.4, -0.2) is 29.6 Å². The van der Waals surface area contributed by atoms with Crippen molar-refractivity contribution in [2.45, 2.75) is 46.3 Å². The molecule has 0 aliphatic carbocycles. The summed E-state index contributed by atoms with van der Waals surface area (Å²) < 4.78 is 10.9. The van der Waals surface area contributed by atoms with E-state index < -0.39 is 6.10 Å². The molecule has 1 rings (SSSR count). The highest BCUT2D eigenvalue weighted by molar-refractivity contribution is 5.99. The first kappa shape index (κ1) is 14.6. The molecule has 1 atom stereocenters. The highest BCUT2D eigenvalue weighted by Crippen LogP contribution is 2.16. The minimum absolute atomic E-state index is 0.0407.